The van der Waals surface area contributed by atoms with Crippen molar-refractivity contribution in [3.63, 3.8) is 0 Å². The molecule has 0 saturated carbocycles. The van der Waals surface area contributed by atoms with Crippen molar-refractivity contribution in [1.29, 1.82) is 0 Å². The van der Waals surface area contributed by atoms with Crippen LogP contribution in [0.1, 0.15) is 29.9 Å². The Hall–Kier alpha value is -3.70. The molecule has 1 fully saturated rings. The highest BCUT2D eigenvalue weighted by Gasteiger charge is 2.22. The summed E-state index contributed by atoms with van der Waals surface area (Å²) >= 11 is 1.30. The van der Waals surface area contributed by atoms with Crippen molar-refractivity contribution in [3.05, 3.63) is 47.5 Å². The number of methoxy groups -OCH3 is 1. The minimum Gasteiger partial charge on any atom is -0.496 e. The number of aromatic nitrogens is 4. The second-order valence-corrected chi connectivity index (χ2v) is 8.86. The molecule has 5 rings (SSSR count). The second-order valence-electron chi connectivity index (χ2n) is 7.84. The van der Waals surface area contributed by atoms with E-state index in [0.717, 1.165) is 41.7 Å². The topological polar surface area (TPSA) is 120 Å². The number of H-pyrrole nitrogens is 1. The highest BCUT2D eigenvalue weighted by atomic mass is 32.1. The number of aryl methyl sites for hydroxylation is 1. The van der Waals surface area contributed by atoms with E-state index in [9.17, 15) is 4.79 Å². The van der Waals surface area contributed by atoms with E-state index >= 15 is 0 Å². The van der Waals surface area contributed by atoms with Gasteiger partial charge in [-0.3, -0.25) is 5.32 Å². The Kier molecular flexibility index (Phi) is 6.28. The molecular weight excluding hydrogens is 458 g/mol. The van der Waals surface area contributed by atoms with E-state index in [1.54, 1.807) is 7.11 Å². The number of ether oxygens (including phenoxy) is 4. The van der Waals surface area contributed by atoms with Gasteiger partial charge in [-0.05, 0) is 66.3 Å². The summed E-state index contributed by atoms with van der Waals surface area (Å²) < 4.78 is 23.7. The van der Waals surface area contributed by atoms with Crippen LogP contribution in [0.4, 0.5) is 10.7 Å². The Morgan fingerprint density at radius 2 is 2.00 bits per heavy atom. The summed E-state index contributed by atoms with van der Waals surface area (Å²) in [6.07, 6.45) is 1.28. The molecule has 2 aromatic heterocycles. The van der Waals surface area contributed by atoms with Gasteiger partial charge in [0.2, 0.25) is 5.06 Å². The number of hydrogen-bond donors (Lipinski definition) is 2. The lowest BCUT2D eigenvalue weighted by atomic mass is 9.92. The van der Waals surface area contributed by atoms with Crippen molar-refractivity contribution in [2.45, 2.75) is 25.7 Å². The molecule has 0 bridgehead atoms. The minimum atomic E-state index is -0.753. The molecule has 0 radical (unpaired) electrons. The van der Waals surface area contributed by atoms with E-state index in [4.69, 9.17) is 18.9 Å². The van der Waals surface area contributed by atoms with E-state index in [1.165, 1.54) is 16.9 Å². The van der Waals surface area contributed by atoms with Crippen LogP contribution < -0.4 is 19.5 Å². The van der Waals surface area contributed by atoms with Crippen LogP contribution in [0.5, 0.6) is 22.3 Å². The molecule has 11 heteroatoms. The van der Waals surface area contributed by atoms with Gasteiger partial charge in [0, 0.05) is 23.3 Å². The molecule has 0 unspecified atom stereocenters. The smallest absolute Gasteiger partial charge is 0.420 e. The third-order valence-electron chi connectivity index (χ3n) is 5.67. The molecule has 1 saturated heterocycles. The summed E-state index contributed by atoms with van der Waals surface area (Å²) in [7, 11) is 1.62. The number of fused-ring (bicyclic) bond motifs is 1. The average molecular weight is 482 g/mol. The van der Waals surface area contributed by atoms with E-state index in [0.29, 0.717) is 28.2 Å². The molecule has 0 atom stereocenters. The summed E-state index contributed by atoms with van der Waals surface area (Å²) in [5, 5.41) is 16.6. The van der Waals surface area contributed by atoms with Gasteiger partial charge in [0.05, 0.1) is 7.11 Å². The van der Waals surface area contributed by atoms with Crippen LogP contribution in [0.15, 0.2) is 36.4 Å². The molecule has 34 heavy (non-hydrogen) atoms. The zero-order valence-corrected chi connectivity index (χ0v) is 19.5. The van der Waals surface area contributed by atoms with Crippen molar-refractivity contribution in [2.75, 3.05) is 25.6 Å². The summed E-state index contributed by atoms with van der Waals surface area (Å²) in [5.41, 5.74) is 2.23. The summed E-state index contributed by atoms with van der Waals surface area (Å²) in [6, 6.07) is 11.9. The number of anilines is 1. The van der Waals surface area contributed by atoms with Gasteiger partial charge in [-0.1, -0.05) is 28.6 Å². The normalized spacial score (nSPS) is 14.2. The van der Waals surface area contributed by atoms with E-state index in [2.05, 4.69) is 38.1 Å². The highest BCUT2D eigenvalue weighted by Crippen LogP contribution is 2.48. The van der Waals surface area contributed by atoms with Gasteiger partial charge < -0.3 is 18.9 Å². The standard InChI is InChI=1S/C23H23N5O5S/c1-13-11-19-17(12-18(13)30-2)20(21(34-19)33-23(29)24-22-25-27-28-26-22)32-16-5-3-14(4-6-16)15-7-9-31-10-8-15/h3-6,11-12,15H,7-10H2,1-2H3,(H2,24,25,26,27,28,29). The fourth-order valence-corrected chi connectivity index (χ4v) is 4.99. The first-order valence-corrected chi connectivity index (χ1v) is 11.6. The van der Waals surface area contributed by atoms with Crippen molar-refractivity contribution < 1.29 is 23.7 Å². The lowest BCUT2D eigenvalue weighted by molar-refractivity contribution is 0.0853. The third-order valence-corrected chi connectivity index (χ3v) is 6.68. The zero-order valence-electron chi connectivity index (χ0n) is 18.7. The number of hydrogen-bond acceptors (Lipinski definition) is 9. The molecule has 3 heterocycles. The quantitative estimate of drug-likeness (QED) is 0.393. The van der Waals surface area contributed by atoms with Crippen LogP contribution in [0.2, 0.25) is 0 Å². The average Bonchev–Trinajstić information content (AvgIpc) is 3.47. The summed E-state index contributed by atoms with van der Waals surface area (Å²) in [6.45, 7) is 3.53. The summed E-state index contributed by atoms with van der Waals surface area (Å²) in [4.78, 5) is 12.4. The van der Waals surface area contributed by atoms with Gasteiger partial charge in [-0.2, -0.15) is 5.21 Å². The Balaban J connectivity index is 1.44. The lowest BCUT2D eigenvalue weighted by Gasteiger charge is -2.22. The molecule has 10 nitrogen and oxygen atoms in total. The van der Waals surface area contributed by atoms with E-state index < -0.39 is 6.09 Å². The molecule has 2 aromatic carbocycles. The van der Waals surface area contributed by atoms with E-state index in [1.807, 2.05) is 31.2 Å². The second kappa shape index (κ2) is 9.65. The van der Waals surface area contributed by atoms with Crippen LogP contribution in [-0.4, -0.2) is 47.0 Å². The Morgan fingerprint density at radius 3 is 2.71 bits per heavy atom. The molecule has 1 aliphatic heterocycles. The maximum Gasteiger partial charge on any atom is 0.420 e. The van der Waals surface area contributed by atoms with Crippen molar-refractivity contribution >= 4 is 33.5 Å². The fraction of sp³-hybridized carbons (Fsp3) is 0.304. The van der Waals surface area contributed by atoms with Gasteiger partial charge in [0.15, 0.2) is 5.75 Å². The Bertz CT molecular complexity index is 1280. The number of carbonyl (C=O) groups is 1. The van der Waals surface area contributed by atoms with Crippen molar-refractivity contribution in [3.8, 4) is 22.3 Å². The molecule has 1 aliphatic rings. The van der Waals surface area contributed by atoms with Gasteiger partial charge in [-0.25, -0.2) is 4.79 Å². The van der Waals surface area contributed by atoms with Gasteiger partial charge >= 0.3 is 6.09 Å². The molecule has 176 valence electrons. The van der Waals surface area contributed by atoms with Crippen LogP contribution in [0.3, 0.4) is 0 Å². The first-order valence-electron chi connectivity index (χ1n) is 10.8. The first kappa shape index (κ1) is 22.1. The van der Waals surface area contributed by atoms with Gasteiger partial charge in [0.1, 0.15) is 11.5 Å². The molecule has 0 spiro atoms. The fourth-order valence-electron chi connectivity index (χ4n) is 3.94. The molecule has 1 amide bonds. The van der Waals surface area contributed by atoms with Crippen LogP contribution >= 0.6 is 11.3 Å². The zero-order chi connectivity index (χ0) is 23.5. The number of benzene rings is 2. The number of tetrazole rings is 1. The van der Waals surface area contributed by atoms with Gasteiger partial charge in [0.25, 0.3) is 5.95 Å². The maximum absolute atomic E-state index is 12.4. The SMILES string of the molecule is COc1cc2c(Oc3ccc(C4CCOCC4)cc3)c(OC(=O)Nc3nn[nH]n3)sc2cc1C. The minimum absolute atomic E-state index is 0.00907. The Morgan fingerprint density at radius 1 is 1.21 bits per heavy atom. The van der Waals surface area contributed by atoms with Crippen molar-refractivity contribution in [2.24, 2.45) is 0 Å². The number of nitrogens with one attached hydrogen (secondary N) is 2. The monoisotopic (exact) mass is 481 g/mol. The van der Waals surface area contributed by atoms with Crippen LogP contribution in [0.25, 0.3) is 10.1 Å². The number of thiophene rings is 1. The molecule has 0 aliphatic carbocycles. The largest absolute Gasteiger partial charge is 0.496 e. The first-order chi connectivity index (χ1) is 16.6. The van der Waals surface area contributed by atoms with Crippen molar-refractivity contribution in [1.82, 2.24) is 20.6 Å². The highest BCUT2D eigenvalue weighted by molar-refractivity contribution is 7.21. The van der Waals surface area contributed by atoms with Crippen LogP contribution in [0, 0.1) is 6.92 Å². The van der Waals surface area contributed by atoms with Crippen LogP contribution in [-0.2, 0) is 4.74 Å². The number of amides is 1. The molecule has 2 N–H and O–H groups in total. The predicted molar refractivity (Wildman–Crippen MR) is 126 cm³/mol. The number of rotatable bonds is 6. The maximum atomic E-state index is 12.4. The number of nitrogens with zero attached hydrogens (tertiary/aromatic N) is 3. The molecule has 4 aromatic rings. The number of carbonyl (C=O) groups excluding carboxylic acids is 1. The summed E-state index contributed by atoms with van der Waals surface area (Å²) in [5.74, 6) is 2.28. The Labute approximate surface area is 199 Å². The third kappa shape index (κ3) is 4.66. The van der Waals surface area contributed by atoms with E-state index in [-0.39, 0.29) is 5.95 Å². The predicted octanol–water partition coefficient (Wildman–Crippen LogP) is 5.03. The molecular formula is C23H23N5O5S. The lowest BCUT2D eigenvalue weighted by Crippen LogP contribution is -2.17. The number of aromatic amines is 1. The van der Waals surface area contributed by atoms with Gasteiger partial charge in [-0.15, -0.1) is 5.10 Å².